The Kier molecular flexibility index (Phi) is 9.89. The van der Waals surface area contributed by atoms with Crippen LogP contribution in [0.25, 0.3) is 0 Å². The predicted molar refractivity (Wildman–Crippen MR) is 24.1 cm³/mol. The van der Waals surface area contributed by atoms with Crippen molar-refractivity contribution in [2.24, 2.45) is 0 Å². The summed E-state index contributed by atoms with van der Waals surface area (Å²) < 4.78 is 4.47. The number of hydrogen-bond donors (Lipinski definition) is 1. The van der Waals surface area contributed by atoms with E-state index in [9.17, 15) is 4.79 Å². The fourth-order valence-electron chi connectivity index (χ4n) is 0.189. The quantitative estimate of drug-likeness (QED) is 0.653. The van der Waals surface area contributed by atoms with Crippen molar-refractivity contribution >= 4 is 5.97 Å². The number of aliphatic carboxylic acids is 1. The van der Waals surface area contributed by atoms with Crippen molar-refractivity contribution in [1.82, 2.24) is 0 Å². The second-order valence-corrected chi connectivity index (χ2v) is 1.14. The Morgan fingerprint density at radius 2 is 2.25 bits per heavy atom. The van der Waals surface area contributed by atoms with Gasteiger partial charge in [0.25, 0.3) is 0 Å². The molecule has 0 aromatic rings. The van der Waals surface area contributed by atoms with Crippen LogP contribution in [0.2, 0.25) is 0 Å². The van der Waals surface area contributed by atoms with E-state index in [-0.39, 0.29) is 28.8 Å². The van der Waals surface area contributed by atoms with Gasteiger partial charge in [0.05, 0.1) is 13.0 Å². The van der Waals surface area contributed by atoms with Crippen LogP contribution in [0.1, 0.15) is 6.42 Å². The Balaban J connectivity index is 0. The van der Waals surface area contributed by atoms with E-state index in [1.165, 1.54) is 7.11 Å². The monoisotopic (exact) mass is 197 g/mol. The Hall–Kier alpha value is 0.170. The second-order valence-electron chi connectivity index (χ2n) is 1.14. The molecule has 8 heavy (non-hydrogen) atoms. The molecule has 0 amide bonds. The van der Waals surface area contributed by atoms with Crippen LogP contribution >= 0.6 is 0 Å². The summed E-state index contributed by atoms with van der Waals surface area (Å²) in [7, 11) is 1.48. The standard InChI is InChI=1S/C4H8O3.Nb/c1-7-3-2-4(5)6;/h2-3H2,1H3,(H,5,6);. The minimum atomic E-state index is -0.818. The van der Waals surface area contributed by atoms with Crippen LogP contribution in [-0.2, 0) is 31.9 Å². The Labute approximate surface area is 63.5 Å². The van der Waals surface area contributed by atoms with Crippen molar-refractivity contribution in [3.63, 3.8) is 0 Å². The molecular formula is C4H8NbO3. The summed E-state index contributed by atoms with van der Waals surface area (Å²) in [5.41, 5.74) is 0. The molecule has 0 aromatic heterocycles. The molecule has 0 rings (SSSR count). The third kappa shape index (κ3) is 9.48. The summed E-state index contributed by atoms with van der Waals surface area (Å²) >= 11 is 0. The van der Waals surface area contributed by atoms with E-state index in [2.05, 4.69) is 4.74 Å². The maximum atomic E-state index is 9.68. The molecule has 0 heterocycles. The first-order chi connectivity index (χ1) is 3.27. The average Bonchev–Trinajstić information content (AvgIpc) is 1.61. The van der Waals surface area contributed by atoms with Crippen molar-refractivity contribution in [1.29, 1.82) is 0 Å². The van der Waals surface area contributed by atoms with Crippen molar-refractivity contribution in [3.8, 4) is 0 Å². The molecule has 1 radical (unpaired) electrons. The summed E-state index contributed by atoms with van der Waals surface area (Å²) in [6.07, 6.45) is 0.0938. The number of carboxylic acids is 1. The zero-order valence-corrected chi connectivity index (χ0v) is 6.82. The van der Waals surface area contributed by atoms with Gasteiger partial charge in [-0.25, -0.2) is 0 Å². The van der Waals surface area contributed by atoms with Gasteiger partial charge in [-0.2, -0.15) is 0 Å². The van der Waals surface area contributed by atoms with Crippen LogP contribution < -0.4 is 0 Å². The third-order valence-corrected chi connectivity index (χ3v) is 0.520. The number of ether oxygens (including phenoxy) is 1. The zero-order valence-electron chi connectivity index (χ0n) is 4.63. The van der Waals surface area contributed by atoms with Gasteiger partial charge in [0, 0.05) is 29.5 Å². The van der Waals surface area contributed by atoms with E-state index in [0.29, 0.717) is 6.61 Å². The summed E-state index contributed by atoms with van der Waals surface area (Å²) in [6.45, 7) is 0.301. The first-order valence-electron chi connectivity index (χ1n) is 1.98. The van der Waals surface area contributed by atoms with E-state index in [4.69, 9.17) is 5.11 Å². The number of hydrogen-bond acceptors (Lipinski definition) is 2. The minimum absolute atomic E-state index is 0. The molecule has 0 aliphatic rings. The van der Waals surface area contributed by atoms with Gasteiger partial charge >= 0.3 is 5.97 Å². The molecule has 0 saturated carbocycles. The van der Waals surface area contributed by atoms with E-state index >= 15 is 0 Å². The normalized spacial score (nSPS) is 7.62. The summed E-state index contributed by atoms with van der Waals surface area (Å²) in [5.74, 6) is -0.818. The van der Waals surface area contributed by atoms with Gasteiger partial charge in [-0.1, -0.05) is 0 Å². The first-order valence-corrected chi connectivity index (χ1v) is 1.98. The molecule has 0 fully saturated rings. The molecule has 0 saturated heterocycles. The SMILES string of the molecule is COCCC(=O)O.[Nb]. The van der Waals surface area contributed by atoms with E-state index in [1.54, 1.807) is 0 Å². The summed E-state index contributed by atoms with van der Waals surface area (Å²) in [6, 6.07) is 0. The molecule has 0 spiro atoms. The summed E-state index contributed by atoms with van der Waals surface area (Å²) in [5, 5.41) is 7.96. The van der Waals surface area contributed by atoms with Gasteiger partial charge < -0.3 is 9.84 Å². The maximum Gasteiger partial charge on any atom is 0.305 e. The van der Waals surface area contributed by atoms with Crippen molar-refractivity contribution in [2.45, 2.75) is 6.42 Å². The Morgan fingerprint density at radius 3 is 2.38 bits per heavy atom. The zero-order chi connectivity index (χ0) is 5.70. The first kappa shape index (κ1) is 11.0. The van der Waals surface area contributed by atoms with E-state index in [1.807, 2.05) is 0 Å². The number of rotatable bonds is 3. The molecule has 0 aliphatic carbocycles. The Morgan fingerprint density at radius 1 is 1.75 bits per heavy atom. The minimum Gasteiger partial charge on any atom is -0.481 e. The molecule has 1 N–H and O–H groups in total. The van der Waals surface area contributed by atoms with E-state index < -0.39 is 5.97 Å². The van der Waals surface area contributed by atoms with Gasteiger partial charge in [-0.15, -0.1) is 0 Å². The van der Waals surface area contributed by atoms with Gasteiger partial charge in [0.1, 0.15) is 0 Å². The van der Waals surface area contributed by atoms with Crippen molar-refractivity contribution in [3.05, 3.63) is 0 Å². The van der Waals surface area contributed by atoms with E-state index in [0.717, 1.165) is 0 Å². The Bertz CT molecular complexity index is 64.3. The molecule has 47 valence electrons. The molecule has 0 unspecified atom stereocenters. The maximum absolute atomic E-state index is 9.68. The van der Waals surface area contributed by atoms with Gasteiger partial charge in [0.2, 0.25) is 0 Å². The predicted octanol–water partition coefficient (Wildman–Crippen LogP) is 0.105. The third-order valence-electron chi connectivity index (χ3n) is 0.520. The molecule has 0 aliphatic heterocycles. The van der Waals surface area contributed by atoms with Crippen molar-refractivity contribution < 1.29 is 37.0 Å². The molecular weight excluding hydrogens is 189 g/mol. The fraction of sp³-hybridized carbons (Fsp3) is 0.750. The molecule has 0 bridgehead atoms. The summed E-state index contributed by atoms with van der Waals surface area (Å²) in [4.78, 5) is 9.68. The number of methoxy groups -OCH3 is 1. The topological polar surface area (TPSA) is 46.5 Å². The fourth-order valence-corrected chi connectivity index (χ4v) is 0.189. The van der Waals surface area contributed by atoms with Gasteiger partial charge in [0.15, 0.2) is 0 Å². The van der Waals surface area contributed by atoms with Crippen LogP contribution in [0.3, 0.4) is 0 Å². The van der Waals surface area contributed by atoms with Crippen LogP contribution in [0.5, 0.6) is 0 Å². The van der Waals surface area contributed by atoms with Crippen LogP contribution in [0, 0.1) is 0 Å². The van der Waals surface area contributed by atoms with Gasteiger partial charge in [-0.05, 0) is 0 Å². The molecule has 0 aromatic carbocycles. The molecule has 0 atom stereocenters. The number of carbonyl (C=O) groups is 1. The second kappa shape index (κ2) is 7.17. The van der Waals surface area contributed by atoms with Crippen LogP contribution in [-0.4, -0.2) is 24.8 Å². The van der Waals surface area contributed by atoms with Crippen LogP contribution in [0.4, 0.5) is 0 Å². The largest absolute Gasteiger partial charge is 0.481 e. The smallest absolute Gasteiger partial charge is 0.305 e. The van der Waals surface area contributed by atoms with Crippen molar-refractivity contribution in [2.75, 3.05) is 13.7 Å². The molecule has 3 nitrogen and oxygen atoms in total. The van der Waals surface area contributed by atoms with Gasteiger partial charge in [-0.3, -0.25) is 4.79 Å². The molecule has 4 heteroatoms. The average molecular weight is 197 g/mol. The number of carboxylic acid groups (broad SMARTS) is 1. The van der Waals surface area contributed by atoms with Crippen LogP contribution in [0.15, 0.2) is 0 Å².